The summed E-state index contributed by atoms with van der Waals surface area (Å²) in [5, 5.41) is 9.59. The van der Waals surface area contributed by atoms with E-state index in [9.17, 15) is 9.90 Å². The van der Waals surface area contributed by atoms with E-state index in [-0.39, 0.29) is 11.7 Å². The van der Waals surface area contributed by atoms with E-state index in [0.717, 1.165) is 24.3 Å². The van der Waals surface area contributed by atoms with Crippen LogP contribution in [0.2, 0.25) is 0 Å². The lowest BCUT2D eigenvalue weighted by molar-refractivity contribution is -0.128. The summed E-state index contributed by atoms with van der Waals surface area (Å²) < 4.78 is 0. The number of phenols is 1. The third kappa shape index (κ3) is 3.16. The van der Waals surface area contributed by atoms with Crippen LogP contribution in [0.1, 0.15) is 19.8 Å². The van der Waals surface area contributed by atoms with Crippen LogP contribution < -0.4 is 0 Å². The predicted molar refractivity (Wildman–Crippen MR) is 69.2 cm³/mol. The first-order valence-electron chi connectivity index (χ1n) is 5.92. The molecule has 0 radical (unpaired) electrons. The van der Waals surface area contributed by atoms with Gasteiger partial charge in [0.05, 0.1) is 5.75 Å². The van der Waals surface area contributed by atoms with Crippen LogP contribution in [-0.2, 0) is 4.79 Å². The van der Waals surface area contributed by atoms with Crippen molar-refractivity contribution in [3.8, 4) is 5.75 Å². The summed E-state index contributed by atoms with van der Waals surface area (Å²) in [4.78, 5) is 14.7. The van der Waals surface area contributed by atoms with Gasteiger partial charge in [0.15, 0.2) is 0 Å². The number of hydrogen-bond donors (Lipinski definition) is 1. The quantitative estimate of drug-likeness (QED) is 0.817. The maximum Gasteiger partial charge on any atom is 0.233 e. The Balaban J connectivity index is 1.89. The van der Waals surface area contributed by atoms with Crippen LogP contribution in [0.15, 0.2) is 29.2 Å². The third-order valence-electron chi connectivity index (χ3n) is 2.87. The van der Waals surface area contributed by atoms with Crippen molar-refractivity contribution in [2.24, 2.45) is 0 Å². The van der Waals surface area contributed by atoms with Crippen molar-refractivity contribution in [3.63, 3.8) is 0 Å². The van der Waals surface area contributed by atoms with Crippen LogP contribution in [0.25, 0.3) is 0 Å². The number of carbonyl (C=O) groups excluding carboxylic acids is 1. The largest absolute Gasteiger partial charge is 0.507 e. The Bertz CT molecular complexity index is 404. The predicted octanol–water partition coefficient (Wildman–Crippen LogP) is 2.50. The maximum atomic E-state index is 12.0. The van der Waals surface area contributed by atoms with Crippen LogP contribution in [0, 0.1) is 0 Å². The monoisotopic (exact) mass is 251 g/mol. The Morgan fingerprint density at radius 3 is 2.76 bits per heavy atom. The molecule has 0 heterocycles. The summed E-state index contributed by atoms with van der Waals surface area (Å²) in [6, 6.07) is 7.60. The van der Waals surface area contributed by atoms with E-state index in [0.29, 0.717) is 11.8 Å². The summed E-state index contributed by atoms with van der Waals surface area (Å²) in [5.74, 6) is 0.824. The lowest BCUT2D eigenvalue weighted by Crippen LogP contribution is -2.34. The summed E-state index contributed by atoms with van der Waals surface area (Å²) in [6.45, 7) is 2.80. The van der Waals surface area contributed by atoms with E-state index in [1.54, 1.807) is 12.1 Å². The molecule has 1 saturated carbocycles. The van der Waals surface area contributed by atoms with Gasteiger partial charge in [-0.25, -0.2) is 0 Å². The molecular formula is C13H17NO2S. The zero-order chi connectivity index (χ0) is 12.3. The lowest BCUT2D eigenvalue weighted by atomic mass is 10.3. The molecule has 3 nitrogen and oxygen atoms in total. The highest BCUT2D eigenvalue weighted by molar-refractivity contribution is 8.00. The number of thioether (sulfide) groups is 1. The lowest BCUT2D eigenvalue weighted by Gasteiger charge is -2.20. The molecule has 0 unspecified atom stereocenters. The molecule has 0 bridgehead atoms. The standard InChI is InChI=1S/C13H17NO2S/c1-2-14(10-7-8-10)13(16)9-17-12-6-4-3-5-11(12)15/h3-6,10,15H,2,7-9H2,1H3. The van der Waals surface area contributed by atoms with Crippen LogP contribution >= 0.6 is 11.8 Å². The topological polar surface area (TPSA) is 40.5 Å². The molecule has 0 aromatic heterocycles. The first-order chi connectivity index (χ1) is 8.22. The van der Waals surface area contributed by atoms with Crippen molar-refractivity contribution in [1.29, 1.82) is 0 Å². The molecular weight excluding hydrogens is 234 g/mol. The van der Waals surface area contributed by atoms with Crippen LogP contribution in [0.3, 0.4) is 0 Å². The van der Waals surface area contributed by atoms with Gasteiger partial charge in [-0.05, 0) is 31.9 Å². The molecule has 17 heavy (non-hydrogen) atoms. The summed E-state index contributed by atoms with van der Waals surface area (Å²) in [7, 11) is 0. The highest BCUT2D eigenvalue weighted by Crippen LogP contribution is 2.30. The van der Waals surface area contributed by atoms with E-state index in [1.165, 1.54) is 11.8 Å². The molecule has 1 fully saturated rings. The molecule has 0 spiro atoms. The van der Waals surface area contributed by atoms with E-state index >= 15 is 0 Å². The van der Waals surface area contributed by atoms with Crippen molar-refractivity contribution in [2.45, 2.75) is 30.7 Å². The Hall–Kier alpha value is -1.16. The number of aromatic hydroxyl groups is 1. The molecule has 4 heteroatoms. The smallest absolute Gasteiger partial charge is 0.233 e. The second kappa shape index (κ2) is 5.45. The zero-order valence-corrected chi connectivity index (χ0v) is 10.7. The fourth-order valence-electron chi connectivity index (χ4n) is 1.83. The molecule has 2 rings (SSSR count). The zero-order valence-electron chi connectivity index (χ0n) is 9.93. The van der Waals surface area contributed by atoms with E-state index in [4.69, 9.17) is 0 Å². The maximum absolute atomic E-state index is 12.0. The van der Waals surface area contributed by atoms with Gasteiger partial charge in [-0.3, -0.25) is 4.79 Å². The Morgan fingerprint density at radius 2 is 2.18 bits per heavy atom. The number of phenolic OH excluding ortho intramolecular Hbond substituents is 1. The number of amides is 1. The fourth-order valence-corrected chi connectivity index (χ4v) is 2.66. The molecule has 1 amide bonds. The highest BCUT2D eigenvalue weighted by Gasteiger charge is 2.31. The molecule has 0 atom stereocenters. The minimum absolute atomic E-state index is 0.170. The van der Waals surface area contributed by atoms with Gasteiger partial charge in [-0.2, -0.15) is 0 Å². The minimum Gasteiger partial charge on any atom is -0.507 e. The van der Waals surface area contributed by atoms with Gasteiger partial charge >= 0.3 is 0 Å². The normalized spacial score (nSPS) is 14.6. The van der Waals surface area contributed by atoms with Gasteiger partial charge in [0.2, 0.25) is 5.91 Å². The average Bonchev–Trinajstić information content (AvgIpc) is 3.13. The molecule has 0 saturated heterocycles. The second-order valence-corrected chi connectivity index (χ2v) is 5.18. The van der Waals surface area contributed by atoms with Crippen LogP contribution in [0.4, 0.5) is 0 Å². The van der Waals surface area contributed by atoms with E-state index in [1.807, 2.05) is 24.0 Å². The molecule has 92 valence electrons. The number of para-hydroxylation sites is 1. The SMILES string of the molecule is CCN(C(=O)CSc1ccccc1O)C1CC1. The van der Waals surface area contributed by atoms with Gasteiger partial charge < -0.3 is 10.0 Å². The average molecular weight is 251 g/mol. The van der Waals surface area contributed by atoms with Gasteiger partial charge in [0, 0.05) is 17.5 Å². The first kappa shape index (κ1) is 12.3. The number of benzene rings is 1. The molecule has 1 aliphatic rings. The minimum atomic E-state index is 0.170. The Morgan fingerprint density at radius 1 is 1.47 bits per heavy atom. The number of rotatable bonds is 5. The molecule has 1 aromatic carbocycles. The summed E-state index contributed by atoms with van der Waals surface area (Å²) >= 11 is 1.40. The summed E-state index contributed by atoms with van der Waals surface area (Å²) in [6.07, 6.45) is 2.28. The second-order valence-electron chi connectivity index (χ2n) is 4.17. The third-order valence-corrected chi connectivity index (χ3v) is 3.91. The summed E-state index contributed by atoms with van der Waals surface area (Å²) in [5.41, 5.74) is 0. The van der Waals surface area contributed by atoms with Crippen LogP contribution in [0.5, 0.6) is 5.75 Å². The van der Waals surface area contributed by atoms with Crippen molar-refractivity contribution in [3.05, 3.63) is 24.3 Å². The molecule has 1 aromatic rings. The Kier molecular flexibility index (Phi) is 3.94. The number of carbonyl (C=O) groups is 1. The number of hydrogen-bond acceptors (Lipinski definition) is 3. The molecule has 1 aliphatic carbocycles. The Labute approximate surface area is 106 Å². The van der Waals surface area contributed by atoms with Crippen molar-refractivity contribution < 1.29 is 9.90 Å². The first-order valence-corrected chi connectivity index (χ1v) is 6.91. The van der Waals surface area contributed by atoms with Gasteiger partial charge in [0.1, 0.15) is 5.75 Å². The van der Waals surface area contributed by atoms with E-state index in [2.05, 4.69) is 0 Å². The van der Waals surface area contributed by atoms with Crippen molar-refractivity contribution in [1.82, 2.24) is 4.90 Å². The number of nitrogens with zero attached hydrogens (tertiary/aromatic N) is 1. The van der Waals surface area contributed by atoms with Gasteiger partial charge in [-0.15, -0.1) is 11.8 Å². The van der Waals surface area contributed by atoms with Gasteiger partial charge in [-0.1, -0.05) is 12.1 Å². The fraction of sp³-hybridized carbons (Fsp3) is 0.462. The van der Waals surface area contributed by atoms with Gasteiger partial charge in [0.25, 0.3) is 0 Å². The van der Waals surface area contributed by atoms with Crippen molar-refractivity contribution >= 4 is 17.7 Å². The highest BCUT2D eigenvalue weighted by atomic mass is 32.2. The van der Waals surface area contributed by atoms with E-state index < -0.39 is 0 Å². The van der Waals surface area contributed by atoms with Crippen molar-refractivity contribution in [2.75, 3.05) is 12.3 Å². The van der Waals surface area contributed by atoms with Crippen LogP contribution in [-0.4, -0.2) is 34.3 Å². The molecule has 1 N–H and O–H groups in total. The molecule has 0 aliphatic heterocycles.